The topological polar surface area (TPSA) is 41.5 Å². The summed E-state index contributed by atoms with van der Waals surface area (Å²) in [7, 11) is 0. The van der Waals surface area contributed by atoms with E-state index >= 15 is 0 Å². The van der Waals surface area contributed by atoms with E-state index in [4.69, 9.17) is 9.84 Å². The summed E-state index contributed by atoms with van der Waals surface area (Å²) < 4.78 is 19.0. The summed E-state index contributed by atoms with van der Waals surface area (Å²) in [5.41, 5.74) is 0.911. The third-order valence-corrected chi connectivity index (χ3v) is 3.58. The maximum absolute atomic E-state index is 13.4. The second-order valence-corrected chi connectivity index (χ2v) is 5.25. The van der Waals surface area contributed by atoms with E-state index in [0.717, 1.165) is 37.1 Å². The first-order valence-corrected chi connectivity index (χ1v) is 6.97. The summed E-state index contributed by atoms with van der Waals surface area (Å²) in [4.78, 5) is 0. The maximum atomic E-state index is 13.4. The summed E-state index contributed by atoms with van der Waals surface area (Å²) in [6, 6.07) is 4.85. The van der Waals surface area contributed by atoms with Crippen LogP contribution in [0.4, 0.5) is 4.39 Å². The minimum Gasteiger partial charge on any atom is -0.493 e. The van der Waals surface area contributed by atoms with Gasteiger partial charge in [0.25, 0.3) is 0 Å². The monoisotopic (exact) mass is 267 g/mol. The number of rotatable bonds is 5. The van der Waals surface area contributed by atoms with Crippen molar-refractivity contribution in [3.8, 4) is 5.75 Å². The van der Waals surface area contributed by atoms with E-state index in [1.807, 2.05) is 0 Å². The molecule has 19 heavy (non-hydrogen) atoms. The van der Waals surface area contributed by atoms with Crippen molar-refractivity contribution in [3.05, 3.63) is 29.6 Å². The highest BCUT2D eigenvalue weighted by Gasteiger charge is 2.20. The molecular formula is C15H22FNO2. The first-order valence-electron chi connectivity index (χ1n) is 6.97. The van der Waals surface area contributed by atoms with E-state index in [1.165, 1.54) is 6.07 Å². The summed E-state index contributed by atoms with van der Waals surface area (Å²) in [5, 5.41) is 12.4. The summed E-state index contributed by atoms with van der Waals surface area (Å²) >= 11 is 0. The van der Waals surface area contributed by atoms with Gasteiger partial charge in [0.05, 0.1) is 6.61 Å². The normalized spacial score (nSPS) is 20.3. The number of hydrogen-bond donors (Lipinski definition) is 2. The Bertz CT molecular complexity index is 411. The number of benzene rings is 1. The first-order chi connectivity index (χ1) is 9.20. The zero-order valence-electron chi connectivity index (χ0n) is 11.4. The number of fused-ring (bicyclic) bond motifs is 1. The van der Waals surface area contributed by atoms with Crippen LogP contribution >= 0.6 is 0 Å². The zero-order chi connectivity index (χ0) is 13.7. The van der Waals surface area contributed by atoms with E-state index < -0.39 is 0 Å². The molecule has 1 heterocycles. The molecule has 0 saturated carbocycles. The van der Waals surface area contributed by atoms with Crippen LogP contribution in [0.3, 0.4) is 0 Å². The third-order valence-electron chi connectivity index (χ3n) is 3.58. The fourth-order valence-corrected chi connectivity index (χ4v) is 2.43. The molecule has 1 aromatic carbocycles. The van der Waals surface area contributed by atoms with Crippen LogP contribution in [-0.2, 0) is 0 Å². The van der Waals surface area contributed by atoms with Crippen molar-refractivity contribution in [3.63, 3.8) is 0 Å². The van der Waals surface area contributed by atoms with E-state index in [1.54, 1.807) is 12.1 Å². The molecule has 1 aromatic rings. The van der Waals surface area contributed by atoms with E-state index in [0.29, 0.717) is 12.5 Å². The van der Waals surface area contributed by atoms with Gasteiger partial charge in [-0.15, -0.1) is 0 Å². The van der Waals surface area contributed by atoms with Crippen molar-refractivity contribution >= 4 is 0 Å². The first kappa shape index (κ1) is 14.3. The van der Waals surface area contributed by atoms with Gasteiger partial charge in [-0.1, -0.05) is 6.92 Å². The van der Waals surface area contributed by atoms with E-state index in [-0.39, 0.29) is 18.5 Å². The second kappa shape index (κ2) is 6.87. The molecular weight excluding hydrogens is 245 g/mol. The van der Waals surface area contributed by atoms with Crippen molar-refractivity contribution in [2.45, 2.75) is 32.2 Å². The molecule has 106 valence electrons. The van der Waals surface area contributed by atoms with Gasteiger partial charge in [-0.25, -0.2) is 4.39 Å². The summed E-state index contributed by atoms with van der Waals surface area (Å²) in [5.74, 6) is 0.969. The van der Waals surface area contributed by atoms with Gasteiger partial charge in [0.1, 0.15) is 11.6 Å². The smallest absolute Gasteiger partial charge is 0.124 e. The summed E-state index contributed by atoms with van der Waals surface area (Å²) in [6.45, 7) is 3.81. The number of ether oxygens (including phenoxy) is 1. The molecule has 2 unspecified atom stereocenters. The average molecular weight is 267 g/mol. The van der Waals surface area contributed by atoms with Crippen molar-refractivity contribution in [1.82, 2.24) is 5.32 Å². The molecule has 3 nitrogen and oxygen atoms in total. The maximum Gasteiger partial charge on any atom is 0.124 e. The molecule has 0 spiro atoms. The molecule has 0 aliphatic carbocycles. The lowest BCUT2D eigenvalue weighted by molar-refractivity contribution is 0.257. The Kier molecular flexibility index (Phi) is 5.16. The minimum atomic E-state index is -0.223. The van der Waals surface area contributed by atoms with Gasteiger partial charge in [-0.2, -0.15) is 0 Å². The molecule has 2 N–H and O–H groups in total. The predicted octanol–water partition coefficient (Wildman–Crippen LogP) is 2.65. The molecule has 0 fully saturated rings. The zero-order valence-corrected chi connectivity index (χ0v) is 11.4. The van der Waals surface area contributed by atoms with Crippen LogP contribution in [0.1, 0.15) is 37.8 Å². The number of aliphatic hydroxyl groups excluding tert-OH is 1. The highest BCUT2D eigenvalue weighted by atomic mass is 19.1. The van der Waals surface area contributed by atoms with Gasteiger partial charge >= 0.3 is 0 Å². The molecule has 1 aliphatic rings. The Hall–Kier alpha value is -1.13. The Morgan fingerprint density at radius 1 is 1.53 bits per heavy atom. The van der Waals surface area contributed by atoms with Crippen molar-refractivity contribution in [2.24, 2.45) is 5.92 Å². The number of nitrogens with one attached hydrogen (secondary N) is 1. The highest BCUT2D eigenvalue weighted by molar-refractivity contribution is 5.37. The lowest BCUT2D eigenvalue weighted by Crippen LogP contribution is -2.26. The van der Waals surface area contributed by atoms with E-state index in [9.17, 15) is 4.39 Å². The molecule has 2 rings (SSSR count). The van der Waals surface area contributed by atoms with Crippen LogP contribution in [0.25, 0.3) is 0 Å². The van der Waals surface area contributed by atoms with Gasteiger partial charge in [0.2, 0.25) is 0 Å². The largest absolute Gasteiger partial charge is 0.493 e. The van der Waals surface area contributed by atoms with Gasteiger partial charge in [-0.3, -0.25) is 0 Å². The Labute approximate surface area is 113 Å². The predicted molar refractivity (Wildman–Crippen MR) is 72.7 cm³/mol. The van der Waals surface area contributed by atoms with Gasteiger partial charge in [-0.05, 0) is 49.9 Å². The van der Waals surface area contributed by atoms with Crippen molar-refractivity contribution in [1.29, 1.82) is 0 Å². The van der Waals surface area contributed by atoms with Crippen LogP contribution in [0.15, 0.2) is 18.2 Å². The molecule has 0 saturated heterocycles. The van der Waals surface area contributed by atoms with Gasteiger partial charge in [0, 0.05) is 18.2 Å². The van der Waals surface area contributed by atoms with Gasteiger partial charge < -0.3 is 15.2 Å². The Morgan fingerprint density at radius 2 is 2.37 bits per heavy atom. The lowest BCUT2D eigenvalue weighted by Gasteiger charge is -2.20. The molecule has 1 aliphatic heterocycles. The SMILES string of the molecule is CC(CCO)CNC1CCCOc2ccc(F)cc21. The third kappa shape index (κ3) is 3.91. The molecule has 0 aromatic heterocycles. The lowest BCUT2D eigenvalue weighted by atomic mass is 10.0. The summed E-state index contributed by atoms with van der Waals surface area (Å²) in [6.07, 6.45) is 2.69. The van der Waals surface area contributed by atoms with Crippen molar-refractivity contribution < 1.29 is 14.2 Å². The fourth-order valence-electron chi connectivity index (χ4n) is 2.43. The minimum absolute atomic E-state index is 0.134. The second-order valence-electron chi connectivity index (χ2n) is 5.25. The highest BCUT2D eigenvalue weighted by Crippen LogP contribution is 2.32. The van der Waals surface area contributed by atoms with Crippen LogP contribution in [0, 0.1) is 11.7 Å². The average Bonchev–Trinajstić information content (AvgIpc) is 2.59. The van der Waals surface area contributed by atoms with Gasteiger partial charge in [0.15, 0.2) is 0 Å². The number of halogens is 1. The Balaban J connectivity index is 2.06. The van der Waals surface area contributed by atoms with Crippen LogP contribution in [0.5, 0.6) is 5.75 Å². The quantitative estimate of drug-likeness (QED) is 0.861. The van der Waals surface area contributed by atoms with Crippen molar-refractivity contribution in [2.75, 3.05) is 19.8 Å². The molecule has 0 bridgehead atoms. The molecule has 2 atom stereocenters. The number of aliphatic hydroxyl groups is 1. The molecule has 0 amide bonds. The van der Waals surface area contributed by atoms with E-state index in [2.05, 4.69) is 12.2 Å². The van der Waals surface area contributed by atoms with Crippen LogP contribution in [-0.4, -0.2) is 24.9 Å². The van der Waals surface area contributed by atoms with Crippen LogP contribution < -0.4 is 10.1 Å². The number of hydrogen-bond acceptors (Lipinski definition) is 3. The fraction of sp³-hybridized carbons (Fsp3) is 0.600. The Morgan fingerprint density at radius 3 is 3.16 bits per heavy atom. The standard InChI is InChI=1S/C15H22FNO2/c1-11(6-7-18)10-17-14-3-2-8-19-15-5-4-12(16)9-13(14)15/h4-5,9,11,14,17-18H,2-3,6-8,10H2,1H3. The van der Waals surface area contributed by atoms with Crippen LogP contribution in [0.2, 0.25) is 0 Å². The molecule has 4 heteroatoms. The molecule has 0 radical (unpaired) electrons.